The summed E-state index contributed by atoms with van der Waals surface area (Å²) in [6.07, 6.45) is 1.88. The van der Waals surface area contributed by atoms with Crippen LogP contribution in [0.5, 0.6) is 0 Å². The van der Waals surface area contributed by atoms with Crippen LogP contribution in [0.25, 0.3) is 71.4 Å². The van der Waals surface area contributed by atoms with Crippen LogP contribution >= 0.6 is 0 Å². The summed E-state index contributed by atoms with van der Waals surface area (Å²) in [6.45, 7) is 10.7. The van der Waals surface area contributed by atoms with Gasteiger partial charge in [0.25, 0.3) is 0 Å². The highest BCUT2D eigenvalue weighted by Crippen LogP contribution is 2.40. The molecule has 54 heavy (non-hydrogen) atoms. The van der Waals surface area contributed by atoms with Crippen LogP contribution in [0.15, 0.2) is 200 Å². The Labute approximate surface area is 319 Å². The monoisotopic (exact) mass is 695 g/mol. The lowest BCUT2D eigenvalue weighted by Gasteiger charge is -2.14. The van der Waals surface area contributed by atoms with Gasteiger partial charge < -0.3 is 0 Å². The van der Waals surface area contributed by atoms with Crippen molar-refractivity contribution in [1.29, 1.82) is 0 Å². The van der Waals surface area contributed by atoms with Crippen molar-refractivity contribution in [2.24, 2.45) is 4.99 Å². The maximum Gasteiger partial charge on any atom is 0.0643 e. The van der Waals surface area contributed by atoms with Crippen molar-refractivity contribution in [2.75, 3.05) is 0 Å². The molecule has 9 aromatic carbocycles. The van der Waals surface area contributed by atoms with Gasteiger partial charge in [-0.2, -0.15) is 0 Å². The van der Waals surface area contributed by atoms with Gasteiger partial charge in [-0.25, -0.2) is 0 Å². The molecule has 9 aromatic rings. The standard InChI is InChI=1S/C36H24.C15H15N.C2H6/c1-2-24-11-13-25(14-12-24)26-15-17-27(18-16-26)29-20-21-32-34-22-19-28-7-3-4-8-30(28)36(34)33-10-6-5-9-31(33)35(32)23-29;1-13(15-10-6-3-7-11-15)16-12-14-8-4-2-5-9-14;1-2/h2-23H,1H2;2-11H,12H2,1H3;1-2H3. The molecule has 1 heteroatoms. The predicted octanol–water partition coefficient (Wildman–Crippen LogP) is 15.0. The van der Waals surface area contributed by atoms with Crippen molar-refractivity contribution in [3.8, 4) is 22.3 Å². The van der Waals surface area contributed by atoms with Crippen molar-refractivity contribution in [1.82, 2.24) is 0 Å². The molecule has 0 saturated heterocycles. The molecular formula is C53H45N. The van der Waals surface area contributed by atoms with E-state index in [0.29, 0.717) is 0 Å². The number of hydrogen-bond donors (Lipinski definition) is 0. The SMILES string of the molecule is C=Cc1ccc(-c2ccc(-c3ccc4c(c3)c3ccccc3c3c5ccccc5ccc43)cc2)cc1.CC.CC(=NCc1ccccc1)c1ccccc1. The van der Waals surface area contributed by atoms with E-state index in [0.717, 1.165) is 17.8 Å². The summed E-state index contributed by atoms with van der Waals surface area (Å²) in [6, 6.07) is 67.0. The molecule has 0 saturated carbocycles. The van der Waals surface area contributed by atoms with Crippen LogP contribution < -0.4 is 0 Å². The Morgan fingerprint density at radius 1 is 0.463 bits per heavy atom. The van der Waals surface area contributed by atoms with Gasteiger partial charge in [-0.3, -0.25) is 4.99 Å². The number of hydrogen-bond acceptors (Lipinski definition) is 1. The Bertz CT molecular complexity index is 2670. The number of nitrogens with zero attached hydrogens (tertiary/aromatic N) is 1. The first kappa shape index (κ1) is 35.8. The molecular weight excluding hydrogens is 651 g/mol. The molecule has 1 nitrogen and oxygen atoms in total. The fourth-order valence-electron chi connectivity index (χ4n) is 7.13. The van der Waals surface area contributed by atoms with Crippen LogP contribution in [0.3, 0.4) is 0 Å². The zero-order valence-corrected chi connectivity index (χ0v) is 31.3. The second-order valence-electron chi connectivity index (χ2n) is 13.2. The predicted molar refractivity (Wildman–Crippen MR) is 238 cm³/mol. The van der Waals surface area contributed by atoms with Gasteiger partial charge in [0.2, 0.25) is 0 Å². The van der Waals surface area contributed by atoms with Gasteiger partial charge in [-0.1, -0.05) is 208 Å². The third-order valence-electron chi connectivity index (χ3n) is 9.96. The summed E-state index contributed by atoms with van der Waals surface area (Å²) in [5, 5.41) is 10.5. The molecule has 0 aromatic heterocycles. The molecule has 0 aliphatic rings. The Hall–Kier alpha value is -6.57. The van der Waals surface area contributed by atoms with E-state index >= 15 is 0 Å². The number of benzene rings is 9. The topological polar surface area (TPSA) is 12.4 Å². The second-order valence-corrected chi connectivity index (χ2v) is 13.2. The zero-order valence-electron chi connectivity index (χ0n) is 31.3. The van der Waals surface area contributed by atoms with E-state index in [-0.39, 0.29) is 0 Å². The molecule has 9 rings (SSSR count). The minimum absolute atomic E-state index is 0.752. The molecule has 262 valence electrons. The molecule has 0 heterocycles. The van der Waals surface area contributed by atoms with E-state index < -0.39 is 0 Å². The second kappa shape index (κ2) is 16.8. The summed E-state index contributed by atoms with van der Waals surface area (Å²) in [7, 11) is 0. The van der Waals surface area contributed by atoms with E-state index in [9.17, 15) is 0 Å². The summed E-state index contributed by atoms with van der Waals surface area (Å²) in [5.74, 6) is 0. The Kier molecular flexibility index (Phi) is 11.2. The molecule has 0 atom stereocenters. The fraction of sp³-hybridized carbons (Fsp3) is 0.0755. The minimum atomic E-state index is 0.752. The smallest absolute Gasteiger partial charge is 0.0643 e. The van der Waals surface area contributed by atoms with Gasteiger partial charge in [0.1, 0.15) is 0 Å². The summed E-state index contributed by atoms with van der Waals surface area (Å²) in [5.41, 5.74) is 9.57. The molecule has 0 radical (unpaired) electrons. The number of aliphatic imine (C=N–C) groups is 1. The number of rotatable bonds is 6. The zero-order chi connectivity index (χ0) is 37.3. The van der Waals surface area contributed by atoms with E-state index in [1.54, 1.807) is 0 Å². The summed E-state index contributed by atoms with van der Waals surface area (Å²) < 4.78 is 0. The molecule has 0 fully saturated rings. The maximum atomic E-state index is 4.58. The van der Waals surface area contributed by atoms with Crippen LogP contribution in [0, 0.1) is 0 Å². The quantitative estimate of drug-likeness (QED) is 0.121. The number of fused-ring (bicyclic) bond motifs is 8. The average Bonchev–Trinajstić information content (AvgIpc) is 3.27. The van der Waals surface area contributed by atoms with Gasteiger partial charge in [0, 0.05) is 5.71 Å². The highest BCUT2D eigenvalue weighted by molar-refractivity contribution is 6.31. The van der Waals surface area contributed by atoms with Crippen LogP contribution in [-0.4, -0.2) is 5.71 Å². The molecule has 0 bridgehead atoms. The highest BCUT2D eigenvalue weighted by Gasteiger charge is 2.12. The molecule has 0 amide bonds. The summed E-state index contributed by atoms with van der Waals surface area (Å²) >= 11 is 0. The highest BCUT2D eigenvalue weighted by atomic mass is 14.7. The van der Waals surface area contributed by atoms with Gasteiger partial charge in [0.05, 0.1) is 6.54 Å². The third-order valence-corrected chi connectivity index (χ3v) is 9.96. The molecule has 0 aliphatic heterocycles. The Morgan fingerprint density at radius 2 is 0.944 bits per heavy atom. The lowest BCUT2D eigenvalue weighted by molar-refractivity contribution is 1.06. The van der Waals surface area contributed by atoms with Gasteiger partial charge in [-0.15, -0.1) is 0 Å². The van der Waals surface area contributed by atoms with E-state index in [4.69, 9.17) is 0 Å². The molecule has 0 unspecified atom stereocenters. The van der Waals surface area contributed by atoms with E-state index in [2.05, 4.69) is 170 Å². The van der Waals surface area contributed by atoms with E-state index in [1.165, 1.54) is 76.5 Å². The normalized spacial score (nSPS) is 11.1. The molecule has 0 spiro atoms. The molecule has 0 aliphatic carbocycles. The van der Waals surface area contributed by atoms with Gasteiger partial charge in [-0.05, 0) is 95.0 Å². The van der Waals surface area contributed by atoms with Crippen LogP contribution in [0.4, 0.5) is 0 Å². The first-order valence-corrected chi connectivity index (χ1v) is 18.9. The van der Waals surface area contributed by atoms with Crippen LogP contribution in [-0.2, 0) is 6.54 Å². The van der Waals surface area contributed by atoms with Crippen LogP contribution in [0.2, 0.25) is 0 Å². The van der Waals surface area contributed by atoms with Crippen molar-refractivity contribution >= 4 is 54.9 Å². The minimum Gasteiger partial charge on any atom is -0.285 e. The largest absolute Gasteiger partial charge is 0.285 e. The third kappa shape index (κ3) is 7.63. The first-order chi connectivity index (χ1) is 26.7. The van der Waals surface area contributed by atoms with Crippen molar-refractivity contribution in [3.05, 3.63) is 211 Å². The van der Waals surface area contributed by atoms with Crippen molar-refractivity contribution in [3.63, 3.8) is 0 Å². The summed E-state index contributed by atoms with van der Waals surface area (Å²) in [4.78, 5) is 4.58. The van der Waals surface area contributed by atoms with E-state index in [1.807, 2.05) is 56.3 Å². The van der Waals surface area contributed by atoms with Crippen molar-refractivity contribution in [2.45, 2.75) is 27.3 Å². The lowest BCUT2D eigenvalue weighted by atomic mass is 9.89. The van der Waals surface area contributed by atoms with Gasteiger partial charge in [0.15, 0.2) is 0 Å². The van der Waals surface area contributed by atoms with Gasteiger partial charge >= 0.3 is 0 Å². The Morgan fingerprint density at radius 3 is 1.61 bits per heavy atom. The van der Waals surface area contributed by atoms with Crippen LogP contribution in [0.1, 0.15) is 37.5 Å². The van der Waals surface area contributed by atoms with Crippen molar-refractivity contribution < 1.29 is 0 Å². The average molecular weight is 696 g/mol. The fourth-order valence-corrected chi connectivity index (χ4v) is 7.13. The Balaban J connectivity index is 0.000000210. The first-order valence-electron chi connectivity index (χ1n) is 18.9. The molecule has 0 N–H and O–H groups in total. The maximum absolute atomic E-state index is 4.58. The lowest BCUT2D eigenvalue weighted by Crippen LogP contribution is -1.95.